The molecule has 0 radical (unpaired) electrons. The molecule has 3 rings (SSSR count). The van der Waals surface area contributed by atoms with Gasteiger partial charge in [0.25, 0.3) is 0 Å². The van der Waals surface area contributed by atoms with Gasteiger partial charge in [0.2, 0.25) is 11.9 Å². The van der Waals surface area contributed by atoms with Gasteiger partial charge in [-0.3, -0.25) is 4.79 Å². The molecule has 0 amide bonds. The van der Waals surface area contributed by atoms with Crippen molar-refractivity contribution in [1.82, 2.24) is 15.0 Å². The van der Waals surface area contributed by atoms with Gasteiger partial charge in [-0.25, -0.2) is 0 Å². The summed E-state index contributed by atoms with van der Waals surface area (Å²) in [5.74, 6) is 1.60. The van der Waals surface area contributed by atoms with E-state index < -0.39 is 0 Å². The van der Waals surface area contributed by atoms with Gasteiger partial charge in [-0.15, -0.1) is 0 Å². The van der Waals surface area contributed by atoms with E-state index in [2.05, 4.69) is 27.2 Å². The lowest BCUT2D eigenvalue weighted by atomic mass is 10.1. The van der Waals surface area contributed by atoms with E-state index in [1.54, 1.807) is 25.3 Å². The van der Waals surface area contributed by atoms with Crippen LogP contribution in [0.5, 0.6) is 11.5 Å². The number of hydrogen-bond donors (Lipinski definition) is 2. The first-order valence-corrected chi connectivity index (χ1v) is 9.17. The van der Waals surface area contributed by atoms with E-state index in [0.717, 1.165) is 17.7 Å². The molecule has 3 aromatic rings. The summed E-state index contributed by atoms with van der Waals surface area (Å²) >= 11 is 0. The molecule has 0 atom stereocenters. The van der Waals surface area contributed by atoms with Gasteiger partial charge in [-0.1, -0.05) is 25.1 Å². The van der Waals surface area contributed by atoms with Crippen LogP contribution in [0.25, 0.3) is 0 Å². The number of ketones is 1. The summed E-state index contributed by atoms with van der Waals surface area (Å²) in [6.45, 7) is 3.56. The molecule has 8 nitrogen and oxygen atoms in total. The van der Waals surface area contributed by atoms with E-state index in [1.807, 2.05) is 24.3 Å². The normalized spacial score (nSPS) is 10.4. The second-order valence-corrected chi connectivity index (χ2v) is 6.28. The summed E-state index contributed by atoms with van der Waals surface area (Å²) in [5.41, 5.74) is 8.32. The predicted octanol–water partition coefficient (Wildman–Crippen LogP) is 3.55. The van der Waals surface area contributed by atoms with Crippen LogP contribution >= 0.6 is 0 Å². The van der Waals surface area contributed by atoms with Crippen molar-refractivity contribution in [3.8, 4) is 11.5 Å². The molecule has 0 spiro atoms. The van der Waals surface area contributed by atoms with Crippen molar-refractivity contribution in [2.45, 2.75) is 26.9 Å². The number of hydrogen-bond acceptors (Lipinski definition) is 8. The van der Waals surface area contributed by atoms with Crippen molar-refractivity contribution in [3.63, 3.8) is 0 Å². The number of carbonyl (C=O) groups is 1. The maximum atomic E-state index is 11.9. The first-order valence-electron chi connectivity index (χ1n) is 9.17. The lowest BCUT2D eigenvalue weighted by Crippen LogP contribution is -2.10. The molecule has 0 saturated heterocycles. The number of nitrogen functional groups attached to an aromatic ring is 1. The Kier molecular flexibility index (Phi) is 6.23. The highest BCUT2D eigenvalue weighted by molar-refractivity contribution is 5.97. The number of aryl methyl sites for hydroxylation is 1. The minimum Gasteiger partial charge on any atom is -0.497 e. The quantitative estimate of drug-likeness (QED) is 0.559. The number of ether oxygens (including phenoxy) is 2. The van der Waals surface area contributed by atoms with Crippen LogP contribution in [-0.2, 0) is 13.0 Å². The molecule has 29 heavy (non-hydrogen) atoms. The molecule has 2 aromatic carbocycles. The van der Waals surface area contributed by atoms with E-state index in [9.17, 15) is 4.79 Å². The lowest BCUT2D eigenvalue weighted by molar-refractivity contribution is 0.101. The number of Topliss-reactive ketones (excluding diaryl/α,β-unsaturated/α-hetero) is 1. The summed E-state index contributed by atoms with van der Waals surface area (Å²) in [7, 11) is 1.55. The largest absolute Gasteiger partial charge is 0.497 e. The maximum Gasteiger partial charge on any atom is 0.232 e. The Hall–Kier alpha value is -3.68. The van der Waals surface area contributed by atoms with E-state index in [1.165, 1.54) is 6.92 Å². The summed E-state index contributed by atoms with van der Waals surface area (Å²) in [6, 6.07) is 12.9. The van der Waals surface area contributed by atoms with Crippen LogP contribution in [-0.4, -0.2) is 27.8 Å². The van der Waals surface area contributed by atoms with Crippen molar-refractivity contribution in [1.29, 1.82) is 0 Å². The monoisotopic (exact) mass is 393 g/mol. The molecule has 0 aliphatic carbocycles. The fourth-order valence-electron chi connectivity index (χ4n) is 2.81. The molecule has 0 saturated carbocycles. The fraction of sp³-hybridized carbons (Fsp3) is 0.238. The number of nitrogens with two attached hydrogens (primary N) is 1. The molecule has 0 fully saturated rings. The predicted molar refractivity (Wildman–Crippen MR) is 111 cm³/mol. The van der Waals surface area contributed by atoms with Crippen LogP contribution in [0, 0.1) is 0 Å². The molecule has 0 unspecified atom stereocenters. The maximum absolute atomic E-state index is 11.9. The molecule has 150 valence electrons. The van der Waals surface area contributed by atoms with Gasteiger partial charge >= 0.3 is 0 Å². The van der Waals surface area contributed by atoms with E-state index in [-0.39, 0.29) is 18.3 Å². The number of aromatic nitrogens is 3. The molecule has 0 aliphatic rings. The first-order chi connectivity index (χ1) is 14.0. The van der Waals surface area contributed by atoms with Crippen molar-refractivity contribution in [3.05, 3.63) is 59.4 Å². The van der Waals surface area contributed by atoms with Gasteiger partial charge in [-0.2, -0.15) is 15.0 Å². The van der Waals surface area contributed by atoms with Crippen molar-refractivity contribution in [2.24, 2.45) is 0 Å². The summed E-state index contributed by atoms with van der Waals surface area (Å²) in [5, 5.41) is 3.18. The van der Waals surface area contributed by atoms with Crippen LogP contribution < -0.4 is 20.5 Å². The standard InChI is InChI=1S/C21H23N5O3/c1-4-14-7-5-6-8-17(14)23-21-25-19(24-20(22)26-21)12-29-18-11-15(28-3)9-10-16(18)13(2)27/h5-11H,4,12H2,1-3H3,(H3,22,23,24,25,26). The first kappa shape index (κ1) is 20.1. The summed E-state index contributed by atoms with van der Waals surface area (Å²) in [4.78, 5) is 24.5. The second-order valence-electron chi connectivity index (χ2n) is 6.28. The Bertz CT molecular complexity index is 1020. The number of para-hydroxylation sites is 1. The van der Waals surface area contributed by atoms with E-state index >= 15 is 0 Å². The van der Waals surface area contributed by atoms with Gasteiger partial charge in [0.15, 0.2) is 11.6 Å². The third-order valence-corrected chi connectivity index (χ3v) is 4.27. The number of rotatable bonds is 8. The molecule has 8 heteroatoms. The molecule has 0 aliphatic heterocycles. The number of methoxy groups -OCH3 is 1. The smallest absolute Gasteiger partial charge is 0.232 e. The zero-order valence-electron chi connectivity index (χ0n) is 16.6. The zero-order valence-corrected chi connectivity index (χ0v) is 16.6. The average molecular weight is 393 g/mol. The minimum absolute atomic E-state index is 0.0181. The van der Waals surface area contributed by atoms with E-state index in [4.69, 9.17) is 15.2 Å². The van der Waals surface area contributed by atoms with Crippen molar-refractivity contribution < 1.29 is 14.3 Å². The Morgan fingerprint density at radius 2 is 1.93 bits per heavy atom. The number of nitrogens with one attached hydrogen (secondary N) is 1. The van der Waals surface area contributed by atoms with Crippen molar-refractivity contribution in [2.75, 3.05) is 18.2 Å². The van der Waals surface area contributed by atoms with Crippen LogP contribution in [0.15, 0.2) is 42.5 Å². The molecular formula is C21H23N5O3. The summed E-state index contributed by atoms with van der Waals surface area (Å²) in [6.07, 6.45) is 0.864. The number of anilines is 3. The Morgan fingerprint density at radius 3 is 2.66 bits per heavy atom. The molecular weight excluding hydrogens is 370 g/mol. The lowest BCUT2D eigenvalue weighted by Gasteiger charge is -2.13. The highest BCUT2D eigenvalue weighted by Gasteiger charge is 2.12. The average Bonchev–Trinajstić information content (AvgIpc) is 2.72. The van der Waals surface area contributed by atoms with E-state index in [0.29, 0.717) is 28.8 Å². The topological polar surface area (TPSA) is 112 Å². The van der Waals surface area contributed by atoms with Gasteiger partial charge in [0.05, 0.1) is 12.7 Å². The van der Waals surface area contributed by atoms with Gasteiger partial charge in [-0.05, 0) is 37.1 Å². The SMILES string of the molecule is CCc1ccccc1Nc1nc(N)nc(COc2cc(OC)ccc2C(C)=O)n1. The van der Waals surface area contributed by atoms with Crippen LogP contribution in [0.2, 0.25) is 0 Å². The Labute approximate surface area is 169 Å². The minimum atomic E-state index is -0.114. The Balaban J connectivity index is 1.82. The molecule has 1 aromatic heterocycles. The molecule has 3 N–H and O–H groups in total. The summed E-state index contributed by atoms with van der Waals surface area (Å²) < 4.78 is 11.0. The number of carbonyl (C=O) groups excluding carboxylic acids is 1. The molecule has 1 heterocycles. The second kappa shape index (κ2) is 9.01. The van der Waals surface area contributed by atoms with Crippen molar-refractivity contribution >= 4 is 23.4 Å². The Morgan fingerprint density at radius 1 is 1.14 bits per heavy atom. The number of benzene rings is 2. The van der Waals surface area contributed by atoms with Gasteiger partial charge < -0.3 is 20.5 Å². The molecule has 0 bridgehead atoms. The van der Waals surface area contributed by atoms with Crippen LogP contribution in [0.1, 0.15) is 35.6 Å². The van der Waals surface area contributed by atoms with Crippen LogP contribution in [0.3, 0.4) is 0 Å². The van der Waals surface area contributed by atoms with Gasteiger partial charge in [0.1, 0.15) is 18.1 Å². The highest BCUT2D eigenvalue weighted by Crippen LogP contribution is 2.26. The third-order valence-electron chi connectivity index (χ3n) is 4.27. The van der Waals surface area contributed by atoms with Crippen LogP contribution in [0.4, 0.5) is 17.6 Å². The highest BCUT2D eigenvalue weighted by atomic mass is 16.5. The third kappa shape index (κ3) is 4.98. The van der Waals surface area contributed by atoms with Gasteiger partial charge in [0, 0.05) is 11.8 Å². The fourth-order valence-corrected chi connectivity index (χ4v) is 2.81. The number of nitrogens with zero attached hydrogens (tertiary/aromatic N) is 3. The zero-order chi connectivity index (χ0) is 20.8.